The molecule has 0 radical (unpaired) electrons. The van der Waals surface area contributed by atoms with E-state index in [1.54, 1.807) is 9.80 Å². The molecule has 0 saturated carbocycles. The van der Waals surface area contributed by atoms with Crippen LogP contribution in [0, 0.1) is 0 Å². The Labute approximate surface area is 189 Å². The van der Waals surface area contributed by atoms with E-state index in [1.165, 1.54) is 0 Å². The summed E-state index contributed by atoms with van der Waals surface area (Å²) < 4.78 is 11.3. The summed E-state index contributed by atoms with van der Waals surface area (Å²) >= 11 is 0. The number of carboxylic acids is 3. The Morgan fingerprint density at radius 3 is 1.12 bits per heavy atom. The van der Waals surface area contributed by atoms with E-state index in [2.05, 4.69) is 4.90 Å². The summed E-state index contributed by atoms with van der Waals surface area (Å²) in [6.45, 7) is 8.02. The van der Waals surface area contributed by atoms with Gasteiger partial charge in [0.25, 0.3) is 0 Å². The largest absolute Gasteiger partial charge is 0.480 e. The van der Waals surface area contributed by atoms with E-state index in [1.807, 2.05) is 11.8 Å². The number of hydrogen-bond donors (Lipinski definition) is 3. The van der Waals surface area contributed by atoms with Crippen molar-refractivity contribution in [3.63, 3.8) is 0 Å². The Kier molecular flexibility index (Phi) is 14.8. The molecular formula is C20H38N4O8. The van der Waals surface area contributed by atoms with E-state index < -0.39 is 17.9 Å². The van der Waals surface area contributed by atoms with Gasteiger partial charge in [-0.3, -0.25) is 29.1 Å². The standard InChI is InChI=1S/C20H38N4O8/c1-2-21-3-4-22(15-18(25)26)8-13-32-14-10-24(17-20(29)30)6-5-23(16-19(27)28)9-12-31-11-7-21/h2-17H2,1H3,(H,25,26)(H,27,28)(H,29,30). The molecule has 1 rings (SSSR count). The lowest BCUT2D eigenvalue weighted by Crippen LogP contribution is -2.43. The number of nitrogens with zero attached hydrogens (tertiary/aromatic N) is 4. The Bertz CT molecular complexity index is 566. The topological polar surface area (TPSA) is 143 Å². The highest BCUT2D eigenvalue weighted by molar-refractivity contribution is 5.69. The van der Waals surface area contributed by atoms with Gasteiger partial charge in [-0.05, 0) is 6.54 Å². The minimum Gasteiger partial charge on any atom is -0.480 e. The van der Waals surface area contributed by atoms with Crippen molar-refractivity contribution in [2.75, 3.05) is 105 Å². The maximum Gasteiger partial charge on any atom is 0.317 e. The lowest BCUT2D eigenvalue weighted by atomic mass is 10.3. The van der Waals surface area contributed by atoms with Gasteiger partial charge in [-0.25, -0.2) is 0 Å². The molecule has 0 amide bonds. The molecule has 0 aliphatic carbocycles. The van der Waals surface area contributed by atoms with Gasteiger partial charge in [-0.2, -0.15) is 0 Å². The average molecular weight is 463 g/mol. The maximum atomic E-state index is 11.2. The molecule has 12 nitrogen and oxygen atoms in total. The lowest BCUT2D eigenvalue weighted by Gasteiger charge is -2.28. The summed E-state index contributed by atoms with van der Waals surface area (Å²) in [5.74, 6) is -2.80. The van der Waals surface area contributed by atoms with Crippen LogP contribution >= 0.6 is 0 Å². The van der Waals surface area contributed by atoms with Crippen molar-refractivity contribution in [2.24, 2.45) is 0 Å². The molecular weight excluding hydrogens is 424 g/mol. The normalized spacial score (nSPS) is 20.9. The summed E-state index contributed by atoms with van der Waals surface area (Å²) in [6, 6.07) is 0. The Balaban J connectivity index is 2.74. The van der Waals surface area contributed by atoms with Crippen LogP contribution in [0.2, 0.25) is 0 Å². The molecule has 1 heterocycles. The first-order valence-corrected chi connectivity index (χ1v) is 11.0. The van der Waals surface area contributed by atoms with Gasteiger partial charge in [0.1, 0.15) is 0 Å². The van der Waals surface area contributed by atoms with E-state index in [0.29, 0.717) is 78.8 Å². The average Bonchev–Trinajstić information content (AvgIpc) is 2.70. The van der Waals surface area contributed by atoms with Crippen molar-refractivity contribution in [3.05, 3.63) is 0 Å². The molecule has 12 heteroatoms. The van der Waals surface area contributed by atoms with E-state index in [9.17, 15) is 14.4 Å². The predicted molar refractivity (Wildman–Crippen MR) is 116 cm³/mol. The molecule has 0 aromatic heterocycles. The smallest absolute Gasteiger partial charge is 0.317 e. The lowest BCUT2D eigenvalue weighted by molar-refractivity contribution is -0.140. The summed E-state index contributed by atoms with van der Waals surface area (Å²) in [5.41, 5.74) is 0. The second-order valence-electron chi connectivity index (χ2n) is 7.67. The van der Waals surface area contributed by atoms with Crippen molar-refractivity contribution >= 4 is 17.9 Å². The van der Waals surface area contributed by atoms with Crippen LogP contribution in [0.4, 0.5) is 0 Å². The number of rotatable bonds is 7. The van der Waals surface area contributed by atoms with E-state index in [0.717, 1.165) is 6.54 Å². The van der Waals surface area contributed by atoms with Crippen molar-refractivity contribution in [1.29, 1.82) is 0 Å². The SMILES string of the molecule is CCN1CCOCCN(CC(=O)O)CCN(CC(=O)O)CCOCCN(CC(=O)O)CC1. The fourth-order valence-corrected chi connectivity index (χ4v) is 3.36. The molecule has 0 unspecified atom stereocenters. The predicted octanol–water partition coefficient (Wildman–Crippen LogP) is -1.49. The third kappa shape index (κ3) is 14.3. The van der Waals surface area contributed by atoms with Gasteiger partial charge in [-0.15, -0.1) is 0 Å². The number of carbonyl (C=O) groups is 3. The zero-order valence-electron chi connectivity index (χ0n) is 19.0. The number of likely N-dealkylation sites (N-methyl/N-ethyl adjacent to an activating group) is 1. The summed E-state index contributed by atoms with van der Waals surface area (Å²) in [4.78, 5) is 41.0. The van der Waals surface area contributed by atoms with E-state index >= 15 is 0 Å². The minimum atomic E-state index is -0.964. The van der Waals surface area contributed by atoms with Gasteiger partial charge in [0.15, 0.2) is 0 Å². The molecule has 0 aromatic rings. The molecule has 0 aromatic carbocycles. The van der Waals surface area contributed by atoms with Gasteiger partial charge < -0.3 is 29.7 Å². The second-order valence-corrected chi connectivity index (χ2v) is 7.67. The second kappa shape index (κ2) is 16.8. The van der Waals surface area contributed by atoms with Crippen LogP contribution in [0.5, 0.6) is 0 Å². The van der Waals surface area contributed by atoms with Crippen molar-refractivity contribution in [2.45, 2.75) is 6.92 Å². The van der Waals surface area contributed by atoms with Gasteiger partial charge >= 0.3 is 17.9 Å². The third-order valence-electron chi connectivity index (χ3n) is 5.20. The highest BCUT2D eigenvalue weighted by Crippen LogP contribution is 1.98. The zero-order valence-corrected chi connectivity index (χ0v) is 19.0. The van der Waals surface area contributed by atoms with Crippen LogP contribution in [-0.4, -0.2) is 158 Å². The Morgan fingerprint density at radius 2 is 0.844 bits per heavy atom. The molecule has 32 heavy (non-hydrogen) atoms. The summed E-state index contributed by atoms with van der Waals surface area (Å²) in [6.07, 6.45) is 0. The maximum absolute atomic E-state index is 11.2. The molecule has 1 saturated heterocycles. The highest BCUT2D eigenvalue weighted by atomic mass is 16.5. The fourth-order valence-electron chi connectivity index (χ4n) is 3.36. The molecule has 0 atom stereocenters. The first-order valence-electron chi connectivity index (χ1n) is 11.0. The zero-order chi connectivity index (χ0) is 23.8. The quantitative estimate of drug-likeness (QED) is 0.406. The monoisotopic (exact) mass is 462 g/mol. The van der Waals surface area contributed by atoms with E-state index in [4.69, 9.17) is 24.8 Å². The molecule has 0 bridgehead atoms. The molecule has 1 fully saturated rings. The van der Waals surface area contributed by atoms with Crippen LogP contribution in [0.1, 0.15) is 6.92 Å². The summed E-state index contributed by atoms with van der Waals surface area (Å²) in [7, 11) is 0. The number of ether oxygens (including phenoxy) is 2. The Morgan fingerprint density at radius 1 is 0.562 bits per heavy atom. The summed E-state index contributed by atoms with van der Waals surface area (Å²) in [5, 5.41) is 27.5. The molecule has 1 aliphatic rings. The van der Waals surface area contributed by atoms with Crippen LogP contribution in [0.3, 0.4) is 0 Å². The van der Waals surface area contributed by atoms with Crippen LogP contribution in [-0.2, 0) is 23.9 Å². The number of aliphatic carboxylic acids is 3. The van der Waals surface area contributed by atoms with Gasteiger partial charge in [0, 0.05) is 52.4 Å². The van der Waals surface area contributed by atoms with Gasteiger partial charge in [0.2, 0.25) is 0 Å². The van der Waals surface area contributed by atoms with E-state index in [-0.39, 0.29) is 19.6 Å². The molecule has 1 aliphatic heterocycles. The molecule has 3 N–H and O–H groups in total. The van der Waals surface area contributed by atoms with Crippen LogP contribution < -0.4 is 0 Å². The minimum absolute atomic E-state index is 0.0675. The third-order valence-corrected chi connectivity index (χ3v) is 5.20. The highest BCUT2D eigenvalue weighted by Gasteiger charge is 2.16. The van der Waals surface area contributed by atoms with Crippen LogP contribution in [0.15, 0.2) is 0 Å². The number of carboxylic acid groups (broad SMARTS) is 3. The number of hydrogen-bond acceptors (Lipinski definition) is 9. The van der Waals surface area contributed by atoms with Gasteiger partial charge in [0.05, 0.1) is 46.1 Å². The van der Waals surface area contributed by atoms with Crippen molar-refractivity contribution < 1.29 is 39.2 Å². The fraction of sp³-hybridized carbons (Fsp3) is 0.850. The first-order chi connectivity index (χ1) is 15.3. The van der Waals surface area contributed by atoms with Crippen molar-refractivity contribution in [1.82, 2.24) is 19.6 Å². The first kappa shape index (κ1) is 28.2. The van der Waals surface area contributed by atoms with Gasteiger partial charge in [-0.1, -0.05) is 6.92 Å². The molecule has 0 spiro atoms. The Hall–Kier alpha value is -1.83. The van der Waals surface area contributed by atoms with Crippen LogP contribution in [0.25, 0.3) is 0 Å². The molecule has 186 valence electrons. The van der Waals surface area contributed by atoms with Crippen molar-refractivity contribution in [3.8, 4) is 0 Å².